The normalized spacial score (nSPS) is 20.0. The first-order chi connectivity index (χ1) is 7.66. The summed E-state index contributed by atoms with van der Waals surface area (Å²) in [4.78, 5) is 23.9. The summed E-state index contributed by atoms with van der Waals surface area (Å²) in [6.07, 6.45) is 0.127. The van der Waals surface area contributed by atoms with Crippen molar-refractivity contribution in [2.24, 2.45) is 0 Å². The number of ketones is 1. The highest BCUT2D eigenvalue weighted by Gasteiger charge is 2.35. The zero-order chi connectivity index (χ0) is 11.5. The first-order valence-electron chi connectivity index (χ1n) is 5.19. The molecule has 1 aromatic rings. The van der Waals surface area contributed by atoms with Crippen molar-refractivity contribution >= 4 is 24.2 Å². The molecule has 1 fully saturated rings. The third-order valence-electron chi connectivity index (χ3n) is 2.75. The van der Waals surface area contributed by atoms with Crippen molar-refractivity contribution in [2.75, 3.05) is 6.54 Å². The number of benzene rings is 1. The van der Waals surface area contributed by atoms with Crippen molar-refractivity contribution in [1.29, 1.82) is 0 Å². The predicted octanol–water partition coefficient (Wildman–Crippen LogP) is 1.34. The Labute approximate surface area is 106 Å². The fraction of sp³-hybridized carbons (Fsp3) is 0.333. The van der Waals surface area contributed by atoms with Gasteiger partial charge in [-0.2, -0.15) is 0 Å². The molecule has 17 heavy (non-hydrogen) atoms. The average Bonchev–Trinajstić information content (AvgIpc) is 2.61. The van der Waals surface area contributed by atoms with Crippen LogP contribution in [-0.4, -0.2) is 34.3 Å². The van der Waals surface area contributed by atoms with Gasteiger partial charge in [-0.25, -0.2) is 0 Å². The van der Waals surface area contributed by atoms with Gasteiger partial charge in [-0.15, -0.1) is 12.4 Å². The van der Waals surface area contributed by atoms with Crippen molar-refractivity contribution < 1.29 is 14.7 Å². The van der Waals surface area contributed by atoms with Crippen LogP contribution in [0.4, 0.5) is 0 Å². The summed E-state index contributed by atoms with van der Waals surface area (Å²) in [6, 6.07) is 8.93. The summed E-state index contributed by atoms with van der Waals surface area (Å²) in [5.74, 6) is -0.912. The van der Waals surface area contributed by atoms with Gasteiger partial charge >= 0.3 is 5.97 Å². The van der Waals surface area contributed by atoms with Crippen LogP contribution in [0.1, 0.15) is 12.0 Å². The maximum atomic E-state index is 11.3. The van der Waals surface area contributed by atoms with Crippen molar-refractivity contribution in [3.63, 3.8) is 0 Å². The fourth-order valence-corrected chi connectivity index (χ4v) is 1.97. The Bertz CT molecular complexity index is 407. The number of carboxylic acid groups (broad SMARTS) is 1. The molecule has 1 saturated heterocycles. The SMILES string of the molecule is Cl.O=C1C[C@@H](C(=O)O)N(Cc2ccccc2)C1. The zero-order valence-corrected chi connectivity index (χ0v) is 10.0. The molecule has 1 aromatic carbocycles. The van der Waals surface area contributed by atoms with E-state index in [9.17, 15) is 9.59 Å². The summed E-state index contributed by atoms with van der Waals surface area (Å²) in [5, 5.41) is 8.99. The van der Waals surface area contributed by atoms with E-state index in [4.69, 9.17) is 5.11 Å². The smallest absolute Gasteiger partial charge is 0.321 e. The molecular formula is C12H14ClNO3. The lowest BCUT2D eigenvalue weighted by molar-refractivity contribution is -0.142. The number of aliphatic carboxylic acids is 1. The van der Waals surface area contributed by atoms with Crippen LogP contribution in [0.5, 0.6) is 0 Å². The standard InChI is InChI=1S/C12H13NO3.ClH/c14-10-6-11(12(15)16)13(8-10)7-9-4-2-1-3-5-9;/h1-5,11H,6-8H2,(H,15,16);1H/t11-;/m0./s1. The molecule has 0 aliphatic carbocycles. The Hall–Kier alpha value is -1.39. The third kappa shape index (κ3) is 3.28. The minimum Gasteiger partial charge on any atom is -0.480 e. The van der Waals surface area contributed by atoms with Crippen LogP contribution < -0.4 is 0 Å². The first kappa shape index (κ1) is 13.7. The number of nitrogens with zero attached hydrogens (tertiary/aromatic N) is 1. The van der Waals surface area contributed by atoms with Gasteiger partial charge in [0.25, 0.3) is 0 Å². The van der Waals surface area contributed by atoms with Crippen molar-refractivity contribution in [2.45, 2.75) is 19.0 Å². The van der Waals surface area contributed by atoms with Gasteiger partial charge in [0.1, 0.15) is 11.8 Å². The van der Waals surface area contributed by atoms with Crippen LogP contribution in [-0.2, 0) is 16.1 Å². The topological polar surface area (TPSA) is 57.6 Å². The molecule has 0 spiro atoms. The fourth-order valence-electron chi connectivity index (χ4n) is 1.97. The molecule has 0 amide bonds. The Balaban J connectivity index is 0.00000144. The van der Waals surface area contributed by atoms with Gasteiger partial charge in [0.05, 0.1) is 6.54 Å². The monoisotopic (exact) mass is 255 g/mol. The number of Topliss-reactive ketones (excluding diaryl/α,β-unsaturated/α-hetero) is 1. The van der Waals surface area contributed by atoms with E-state index >= 15 is 0 Å². The van der Waals surface area contributed by atoms with E-state index in [0.717, 1.165) is 5.56 Å². The van der Waals surface area contributed by atoms with E-state index in [1.54, 1.807) is 4.90 Å². The molecule has 1 aliphatic rings. The summed E-state index contributed by atoms with van der Waals surface area (Å²) in [6.45, 7) is 0.759. The number of carboxylic acids is 1. The second kappa shape index (κ2) is 5.80. The molecule has 0 aromatic heterocycles. The largest absolute Gasteiger partial charge is 0.480 e. The lowest BCUT2D eigenvalue weighted by Gasteiger charge is -2.19. The molecule has 0 radical (unpaired) electrons. The Morgan fingerprint density at radius 3 is 2.59 bits per heavy atom. The highest BCUT2D eigenvalue weighted by atomic mass is 35.5. The molecule has 0 bridgehead atoms. The number of hydrogen-bond donors (Lipinski definition) is 1. The van der Waals surface area contributed by atoms with E-state index in [-0.39, 0.29) is 31.2 Å². The highest BCUT2D eigenvalue weighted by molar-refractivity contribution is 5.90. The Morgan fingerprint density at radius 1 is 1.35 bits per heavy atom. The number of rotatable bonds is 3. The summed E-state index contributed by atoms with van der Waals surface area (Å²) >= 11 is 0. The average molecular weight is 256 g/mol. The van der Waals surface area contributed by atoms with Gasteiger partial charge in [0, 0.05) is 13.0 Å². The second-order valence-corrected chi connectivity index (χ2v) is 3.99. The molecule has 1 aliphatic heterocycles. The van der Waals surface area contributed by atoms with Gasteiger partial charge in [0.15, 0.2) is 0 Å². The van der Waals surface area contributed by atoms with Gasteiger partial charge in [-0.3, -0.25) is 14.5 Å². The second-order valence-electron chi connectivity index (χ2n) is 3.99. The van der Waals surface area contributed by atoms with E-state index in [1.807, 2.05) is 30.3 Å². The maximum Gasteiger partial charge on any atom is 0.321 e. The number of carbonyl (C=O) groups is 2. The maximum absolute atomic E-state index is 11.3. The predicted molar refractivity (Wildman–Crippen MR) is 65.1 cm³/mol. The van der Waals surface area contributed by atoms with Gasteiger partial charge in [-0.05, 0) is 5.56 Å². The number of likely N-dealkylation sites (tertiary alicyclic amines) is 1. The molecule has 1 heterocycles. The van der Waals surface area contributed by atoms with Crippen molar-refractivity contribution in [3.05, 3.63) is 35.9 Å². The minimum absolute atomic E-state index is 0. The van der Waals surface area contributed by atoms with Crippen LogP contribution in [0.15, 0.2) is 30.3 Å². The van der Waals surface area contributed by atoms with Crippen LogP contribution in [0.25, 0.3) is 0 Å². The number of carbonyl (C=O) groups excluding carboxylic acids is 1. The van der Waals surface area contributed by atoms with Crippen LogP contribution in [0, 0.1) is 0 Å². The van der Waals surface area contributed by atoms with E-state index < -0.39 is 12.0 Å². The summed E-state index contributed by atoms with van der Waals surface area (Å²) in [5.41, 5.74) is 1.03. The highest BCUT2D eigenvalue weighted by Crippen LogP contribution is 2.17. The molecule has 0 unspecified atom stereocenters. The van der Waals surface area contributed by atoms with Crippen LogP contribution >= 0.6 is 12.4 Å². The Morgan fingerprint density at radius 2 is 2.00 bits per heavy atom. The lowest BCUT2D eigenvalue weighted by Crippen LogP contribution is -2.35. The van der Waals surface area contributed by atoms with Crippen LogP contribution in [0.2, 0.25) is 0 Å². The third-order valence-corrected chi connectivity index (χ3v) is 2.75. The lowest BCUT2D eigenvalue weighted by atomic mass is 10.2. The number of hydrogen-bond acceptors (Lipinski definition) is 3. The molecule has 2 rings (SSSR count). The van der Waals surface area contributed by atoms with Gasteiger partial charge in [0.2, 0.25) is 0 Å². The summed E-state index contributed by atoms with van der Waals surface area (Å²) < 4.78 is 0. The van der Waals surface area contributed by atoms with E-state index in [2.05, 4.69) is 0 Å². The quantitative estimate of drug-likeness (QED) is 0.886. The van der Waals surface area contributed by atoms with E-state index in [1.165, 1.54) is 0 Å². The van der Waals surface area contributed by atoms with E-state index in [0.29, 0.717) is 6.54 Å². The molecular weight excluding hydrogens is 242 g/mol. The zero-order valence-electron chi connectivity index (χ0n) is 9.20. The Kier molecular flexibility index (Phi) is 4.66. The van der Waals surface area contributed by atoms with Crippen molar-refractivity contribution in [1.82, 2.24) is 4.90 Å². The molecule has 0 saturated carbocycles. The molecule has 92 valence electrons. The van der Waals surface area contributed by atoms with Gasteiger partial charge in [-0.1, -0.05) is 30.3 Å². The minimum atomic E-state index is -0.915. The van der Waals surface area contributed by atoms with Crippen molar-refractivity contribution in [3.8, 4) is 0 Å². The number of halogens is 1. The van der Waals surface area contributed by atoms with Crippen LogP contribution in [0.3, 0.4) is 0 Å². The first-order valence-corrected chi connectivity index (χ1v) is 5.19. The molecule has 4 nitrogen and oxygen atoms in total. The molecule has 1 atom stereocenters. The van der Waals surface area contributed by atoms with Gasteiger partial charge < -0.3 is 5.11 Å². The summed E-state index contributed by atoms with van der Waals surface area (Å²) in [7, 11) is 0. The molecule has 5 heteroatoms. The molecule has 1 N–H and O–H groups in total.